The molecule has 18 heavy (non-hydrogen) atoms. The summed E-state index contributed by atoms with van der Waals surface area (Å²) in [6.07, 6.45) is 0.581. The van der Waals surface area contributed by atoms with Crippen LogP contribution in [0.25, 0.3) is 0 Å². The summed E-state index contributed by atoms with van der Waals surface area (Å²) in [5, 5.41) is 20.8. The van der Waals surface area contributed by atoms with Crippen molar-refractivity contribution in [2.75, 3.05) is 18.5 Å². The zero-order valence-electron chi connectivity index (χ0n) is 10.5. The minimum atomic E-state index is -1.30. The van der Waals surface area contributed by atoms with E-state index in [1.54, 1.807) is 0 Å². The number of carboxylic acid groups (broad SMARTS) is 1. The smallest absolute Gasteiger partial charge is 0.340 e. The minimum Gasteiger partial charge on any atom is -0.478 e. The maximum Gasteiger partial charge on any atom is 0.340 e. The maximum atomic E-state index is 13.4. The molecule has 4 nitrogen and oxygen atoms in total. The molecule has 1 rings (SSSR count). The number of rotatable bonds is 6. The normalized spacial score (nSPS) is 11.3. The summed E-state index contributed by atoms with van der Waals surface area (Å²) in [5.41, 5.74) is -0.289. The van der Waals surface area contributed by atoms with Gasteiger partial charge in [-0.3, -0.25) is 0 Å². The van der Waals surface area contributed by atoms with Crippen molar-refractivity contribution in [1.82, 2.24) is 0 Å². The van der Waals surface area contributed by atoms with E-state index in [9.17, 15) is 9.18 Å². The maximum absolute atomic E-state index is 13.4. The van der Waals surface area contributed by atoms with Gasteiger partial charge in [-0.15, -0.1) is 0 Å². The molecule has 3 N–H and O–H groups in total. The molecule has 5 heteroatoms. The van der Waals surface area contributed by atoms with Crippen molar-refractivity contribution in [1.29, 1.82) is 0 Å². The first kappa shape index (κ1) is 14.4. The number of carboxylic acids is 1. The van der Waals surface area contributed by atoms with E-state index in [2.05, 4.69) is 5.32 Å². The fourth-order valence-corrected chi connectivity index (χ4v) is 1.61. The number of carbonyl (C=O) groups is 1. The highest BCUT2D eigenvalue weighted by atomic mass is 19.1. The molecule has 0 radical (unpaired) electrons. The van der Waals surface area contributed by atoms with Crippen molar-refractivity contribution in [2.45, 2.75) is 20.3 Å². The van der Waals surface area contributed by atoms with Crippen LogP contribution in [-0.2, 0) is 0 Å². The van der Waals surface area contributed by atoms with Crippen molar-refractivity contribution in [2.24, 2.45) is 5.41 Å². The molecule has 0 aliphatic carbocycles. The van der Waals surface area contributed by atoms with Gasteiger partial charge < -0.3 is 15.5 Å². The number of aliphatic hydroxyl groups excluding tert-OH is 1. The Morgan fingerprint density at radius 3 is 2.67 bits per heavy atom. The first-order valence-electron chi connectivity index (χ1n) is 5.74. The van der Waals surface area contributed by atoms with Crippen LogP contribution in [0.5, 0.6) is 0 Å². The topological polar surface area (TPSA) is 69.6 Å². The number of hydrogen-bond donors (Lipinski definition) is 3. The van der Waals surface area contributed by atoms with E-state index in [4.69, 9.17) is 10.2 Å². The third-order valence-corrected chi connectivity index (χ3v) is 2.77. The lowest BCUT2D eigenvalue weighted by molar-refractivity contribution is 0.0693. The highest BCUT2D eigenvalue weighted by molar-refractivity contribution is 5.94. The summed E-state index contributed by atoms with van der Waals surface area (Å²) in [7, 11) is 0. The molecule has 100 valence electrons. The Bertz CT molecular complexity index is 432. The van der Waals surface area contributed by atoms with Crippen molar-refractivity contribution >= 4 is 11.7 Å². The molecule has 0 spiro atoms. The van der Waals surface area contributed by atoms with Gasteiger partial charge in [-0.2, -0.15) is 0 Å². The molecule has 1 aromatic rings. The zero-order valence-corrected chi connectivity index (χ0v) is 10.5. The molecule has 0 bridgehead atoms. The Labute approximate surface area is 105 Å². The molecule has 0 aromatic heterocycles. The fourth-order valence-electron chi connectivity index (χ4n) is 1.61. The van der Waals surface area contributed by atoms with Crippen LogP contribution in [0.4, 0.5) is 10.1 Å². The predicted octanol–water partition coefficient (Wildman–Crippen LogP) is 2.34. The van der Waals surface area contributed by atoms with E-state index in [1.807, 2.05) is 13.8 Å². The summed E-state index contributed by atoms with van der Waals surface area (Å²) < 4.78 is 13.4. The Balaban J connectivity index is 2.85. The van der Waals surface area contributed by atoms with Crippen LogP contribution in [0.1, 0.15) is 30.6 Å². The Hall–Kier alpha value is -1.62. The molecule has 0 saturated heterocycles. The number of hydrogen-bond acceptors (Lipinski definition) is 3. The summed E-state index contributed by atoms with van der Waals surface area (Å²) in [4.78, 5) is 11.0. The van der Waals surface area contributed by atoms with Gasteiger partial charge in [0.05, 0.1) is 5.69 Å². The second-order valence-electron chi connectivity index (χ2n) is 4.96. The van der Waals surface area contributed by atoms with Gasteiger partial charge in [0.2, 0.25) is 0 Å². The Morgan fingerprint density at radius 2 is 2.11 bits per heavy atom. The monoisotopic (exact) mass is 255 g/mol. The van der Waals surface area contributed by atoms with E-state index >= 15 is 0 Å². The Kier molecular flexibility index (Phi) is 4.67. The minimum absolute atomic E-state index is 0.0591. The number of anilines is 1. The van der Waals surface area contributed by atoms with Gasteiger partial charge in [0, 0.05) is 13.2 Å². The van der Waals surface area contributed by atoms with Crippen LogP contribution in [0.2, 0.25) is 0 Å². The van der Waals surface area contributed by atoms with E-state index in [0.717, 1.165) is 6.07 Å². The average Bonchev–Trinajstić information content (AvgIpc) is 2.26. The summed E-state index contributed by atoms with van der Waals surface area (Å²) in [6, 6.07) is 4.11. The van der Waals surface area contributed by atoms with Crippen molar-refractivity contribution in [3.8, 4) is 0 Å². The van der Waals surface area contributed by atoms with E-state index in [-0.39, 0.29) is 23.3 Å². The second-order valence-corrected chi connectivity index (χ2v) is 4.96. The van der Waals surface area contributed by atoms with Crippen LogP contribution in [0, 0.1) is 11.2 Å². The van der Waals surface area contributed by atoms with Gasteiger partial charge >= 0.3 is 5.97 Å². The van der Waals surface area contributed by atoms with Crippen LogP contribution in [0.3, 0.4) is 0 Å². The molecule has 1 aromatic carbocycles. The molecular weight excluding hydrogens is 237 g/mol. The summed E-state index contributed by atoms with van der Waals surface area (Å²) in [6.45, 7) is 4.40. The standard InChI is InChI=1S/C13H18FNO3/c1-13(2,6-7-16)8-15-10-5-3-4-9(14)11(10)12(17)18/h3-5,15-16H,6-8H2,1-2H3,(H,17,18). The van der Waals surface area contributed by atoms with Crippen molar-refractivity contribution in [3.63, 3.8) is 0 Å². The number of nitrogens with one attached hydrogen (secondary N) is 1. The van der Waals surface area contributed by atoms with Crippen LogP contribution in [-0.4, -0.2) is 29.3 Å². The molecule has 0 amide bonds. The number of halogens is 1. The second kappa shape index (κ2) is 5.82. The molecule has 0 unspecified atom stereocenters. The van der Waals surface area contributed by atoms with Gasteiger partial charge in [-0.1, -0.05) is 19.9 Å². The highest BCUT2D eigenvalue weighted by Crippen LogP contribution is 2.24. The largest absolute Gasteiger partial charge is 0.478 e. The Morgan fingerprint density at radius 1 is 1.44 bits per heavy atom. The van der Waals surface area contributed by atoms with Gasteiger partial charge in [0.25, 0.3) is 0 Å². The van der Waals surface area contributed by atoms with Crippen LogP contribution < -0.4 is 5.32 Å². The predicted molar refractivity (Wildman–Crippen MR) is 67.3 cm³/mol. The number of aliphatic hydroxyl groups is 1. The molecule has 0 atom stereocenters. The lowest BCUT2D eigenvalue weighted by atomic mass is 9.89. The quantitative estimate of drug-likeness (QED) is 0.729. The molecular formula is C13H18FNO3. The van der Waals surface area contributed by atoms with Crippen LogP contribution >= 0.6 is 0 Å². The average molecular weight is 255 g/mol. The lowest BCUT2D eigenvalue weighted by Gasteiger charge is -2.25. The zero-order chi connectivity index (χ0) is 13.8. The van der Waals surface area contributed by atoms with E-state index in [0.29, 0.717) is 13.0 Å². The lowest BCUT2D eigenvalue weighted by Crippen LogP contribution is -2.25. The highest BCUT2D eigenvalue weighted by Gasteiger charge is 2.20. The summed E-state index contributed by atoms with van der Waals surface area (Å²) >= 11 is 0. The number of benzene rings is 1. The molecule has 0 aliphatic heterocycles. The first-order chi connectivity index (χ1) is 8.37. The number of aromatic carboxylic acids is 1. The third-order valence-electron chi connectivity index (χ3n) is 2.77. The van der Waals surface area contributed by atoms with Crippen LogP contribution in [0.15, 0.2) is 18.2 Å². The fraction of sp³-hybridized carbons (Fsp3) is 0.462. The SMILES string of the molecule is CC(C)(CCO)CNc1cccc(F)c1C(=O)O. The van der Waals surface area contributed by atoms with Crippen molar-refractivity contribution in [3.05, 3.63) is 29.6 Å². The molecule has 0 heterocycles. The molecule has 0 aliphatic rings. The summed E-state index contributed by atoms with van der Waals surface area (Å²) in [5.74, 6) is -2.05. The van der Waals surface area contributed by atoms with Gasteiger partial charge in [0.15, 0.2) is 0 Å². The van der Waals surface area contributed by atoms with Gasteiger partial charge in [0.1, 0.15) is 11.4 Å². The third kappa shape index (κ3) is 3.70. The van der Waals surface area contributed by atoms with E-state index in [1.165, 1.54) is 12.1 Å². The molecule has 0 saturated carbocycles. The molecule has 0 fully saturated rings. The van der Waals surface area contributed by atoms with E-state index < -0.39 is 11.8 Å². The van der Waals surface area contributed by atoms with Gasteiger partial charge in [-0.05, 0) is 24.0 Å². The van der Waals surface area contributed by atoms with Gasteiger partial charge in [-0.25, -0.2) is 9.18 Å². The first-order valence-corrected chi connectivity index (χ1v) is 5.74. The van der Waals surface area contributed by atoms with Crippen molar-refractivity contribution < 1.29 is 19.4 Å².